The highest BCUT2D eigenvalue weighted by Crippen LogP contribution is 2.32. The molecule has 0 atom stereocenters. The third-order valence-corrected chi connectivity index (χ3v) is 2.46. The maximum absolute atomic E-state index is 9.02. The molecule has 0 amide bonds. The predicted molar refractivity (Wildman–Crippen MR) is 62.6 cm³/mol. The Labute approximate surface area is 104 Å². The fourth-order valence-electron chi connectivity index (χ4n) is 1.64. The molecule has 6 heteroatoms. The molecule has 0 saturated heterocycles. The van der Waals surface area contributed by atoms with Crippen LogP contribution in [0.25, 0.3) is 4.98 Å². The Balaban J connectivity index is 1.77. The zero-order valence-corrected chi connectivity index (χ0v) is 9.70. The normalized spacial score (nSPS) is 13.2. The van der Waals surface area contributed by atoms with Gasteiger partial charge in [0.05, 0.1) is 6.61 Å². The second-order valence-corrected chi connectivity index (χ2v) is 3.72. The Morgan fingerprint density at radius 1 is 1.44 bits per heavy atom. The van der Waals surface area contributed by atoms with Crippen molar-refractivity contribution < 1.29 is 19.3 Å². The van der Waals surface area contributed by atoms with Crippen molar-refractivity contribution in [2.24, 2.45) is 0 Å². The van der Waals surface area contributed by atoms with Gasteiger partial charge in [-0.3, -0.25) is 0 Å². The lowest BCUT2D eigenvalue weighted by Gasteiger charge is -2.03. The summed E-state index contributed by atoms with van der Waals surface area (Å²) in [5, 5.41) is 17.2. The molecule has 18 heavy (non-hydrogen) atoms. The van der Waals surface area contributed by atoms with Crippen LogP contribution < -0.4 is 9.47 Å². The van der Waals surface area contributed by atoms with Crippen LogP contribution in [0.1, 0.15) is 12.0 Å². The molecule has 6 nitrogen and oxygen atoms in total. The van der Waals surface area contributed by atoms with E-state index in [1.165, 1.54) is 0 Å². The van der Waals surface area contributed by atoms with Crippen molar-refractivity contribution in [1.29, 1.82) is 5.39 Å². The molecule has 0 radical (unpaired) electrons. The Bertz CT molecular complexity index is 493. The third-order valence-electron chi connectivity index (χ3n) is 2.46. The lowest BCUT2D eigenvalue weighted by atomic mass is 10.1. The number of ether oxygens (including phenoxy) is 3. The molecular formula is C12H13N2O4+. The van der Waals surface area contributed by atoms with Crippen molar-refractivity contribution in [2.45, 2.75) is 12.8 Å². The van der Waals surface area contributed by atoms with Crippen LogP contribution in [0.5, 0.6) is 11.5 Å². The van der Waals surface area contributed by atoms with Gasteiger partial charge in [0, 0.05) is 0 Å². The molecule has 1 aromatic carbocycles. The highest BCUT2D eigenvalue weighted by molar-refractivity contribution is 5.44. The first-order valence-electron chi connectivity index (χ1n) is 5.54. The minimum absolute atomic E-state index is 0.269. The summed E-state index contributed by atoms with van der Waals surface area (Å²) in [6.07, 6.45) is 2.35. The zero-order chi connectivity index (χ0) is 12.8. The Kier molecular flexibility index (Phi) is 3.86. The first-order chi connectivity index (χ1) is 8.79. The number of aliphatic hydroxyl groups is 1. The summed E-state index contributed by atoms with van der Waals surface area (Å²) >= 11 is 0. The van der Waals surface area contributed by atoms with E-state index >= 15 is 0 Å². The van der Waals surface area contributed by atoms with Crippen LogP contribution in [0.15, 0.2) is 30.3 Å². The van der Waals surface area contributed by atoms with Crippen molar-refractivity contribution in [3.05, 3.63) is 40.9 Å². The number of hydrogen-bond donors (Lipinski definition) is 1. The van der Waals surface area contributed by atoms with Crippen LogP contribution in [0.2, 0.25) is 0 Å². The van der Waals surface area contributed by atoms with Crippen LogP contribution in [0.3, 0.4) is 0 Å². The molecule has 0 saturated carbocycles. The Hall–Kier alpha value is -2.42. The molecule has 2 rings (SSSR count). The molecule has 1 aliphatic heterocycles. The highest BCUT2D eigenvalue weighted by Gasteiger charge is 2.12. The van der Waals surface area contributed by atoms with Gasteiger partial charge < -0.3 is 19.3 Å². The van der Waals surface area contributed by atoms with Crippen molar-refractivity contribution in [2.75, 3.05) is 13.4 Å². The molecule has 0 fully saturated rings. The van der Waals surface area contributed by atoms with Gasteiger partial charge in [-0.15, -0.1) is 0 Å². The zero-order valence-electron chi connectivity index (χ0n) is 9.70. The topological polar surface area (TPSA) is 76.1 Å². The molecule has 1 N–H and O–H groups in total. The van der Waals surface area contributed by atoms with Crippen LogP contribution in [0, 0.1) is 5.39 Å². The number of aliphatic hydroxyl groups excluding tert-OH is 1. The molecule has 1 aromatic rings. The van der Waals surface area contributed by atoms with Gasteiger partial charge in [-0.25, -0.2) is 0 Å². The molecule has 0 aromatic heterocycles. The maximum Gasteiger partial charge on any atom is 0.429 e. The highest BCUT2D eigenvalue weighted by atomic mass is 16.7. The summed E-state index contributed by atoms with van der Waals surface area (Å²) in [5.41, 5.74) is 1.11. The van der Waals surface area contributed by atoms with Crippen LogP contribution in [-0.2, 0) is 11.2 Å². The number of hydrogen-bond acceptors (Lipinski definition) is 5. The minimum Gasteiger partial charge on any atom is -0.476 e. The number of benzene rings is 1. The molecule has 0 bridgehead atoms. The molecule has 94 valence electrons. The van der Waals surface area contributed by atoms with Crippen LogP contribution in [-0.4, -0.2) is 18.5 Å². The molecule has 0 spiro atoms. The second kappa shape index (κ2) is 5.77. The van der Waals surface area contributed by atoms with Crippen molar-refractivity contribution >= 4 is 0 Å². The van der Waals surface area contributed by atoms with Gasteiger partial charge in [0.25, 0.3) is 0 Å². The molecular weight excluding hydrogens is 236 g/mol. The fraction of sp³-hybridized carbons (Fsp3) is 0.333. The standard InChI is InChI=1S/C12H12N2O4/c13-14-7-12(15)16-5-1-2-9-3-4-10-11(6-9)18-8-17-10/h3-4,6-7H,1-2,5,8H2/p+1/b12-7+. The van der Waals surface area contributed by atoms with Crippen molar-refractivity contribution in [3.8, 4) is 11.5 Å². The van der Waals surface area contributed by atoms with E-state index in [1.54, 1.807) is 0 Å². The summed E-state index contributed by atoms with van der Waals surface area (Å²) in [6.45, 7) is 0.609. The predicted octanol–water partition coefficient (Wildman–Crippen LogP) is 2.57. The summed E-state index contributed by atoms with van der Waals surface area (Å²) < 4.78 is 15.4. The van der Waals surface area contributed by atoms with E-state index in [9.17, 15) is 0 Å². The summed E-state index contributed by atoms with van der Waals surface area (Å²) in [5.74, 6) is 1.12. The van der Waals surface area contributed by atoms with Crippen LogP contribution >= 0.6 is 0 Å². The Morgan fingerprint density at radius 2 is 2.28 bits per heavy atom. The average molecular weight is 249 g/mol. The van der Waals surface area contributed by atoms with Crippen molar-refractivity contribution in [1.82, 2.24) is 0 Å². The summed E-state index contributed by atoms with van der Waals surface area (Å²) in [7, 11) is 0. The maximum atomic E-state index is 9.02. The molecule has 1 aliphatic rings. The van der Waals surface area contributed by atoms with Crippen LogP contribution in [0.4, 0.5) is 0 Å². The smallest absolute Gasteiger partial charge is 0.429 e. The first-order valence-corrected chi connectivity index (χ1v) is 5.54. The lowest BCUT2D eigenvalue weighted by molar-refractivity contribution is 0.0919. The van der Waals surface area contributed by atoms with E-state index in [2.05, 4.69) is 4.98 Å². The summed E-state index contributed by atoms with van der Waals surface area (Å²) in [6, 6.07) is 5.77. The van der Waals surface area contributed by atoms with E-state index in [1.807, 2.05) is 18.2 Å². The van der Waals surface area contributed by atoms with E-state index < -0.39 is 5.95 Å². The van der Waals surface area contributed by atoms with Gasteiger partial charge in [0.1, 0.15) is 0 Å². The number of aryl methyl sites for hydroxylation is 1. The van der Waals surface area contributed by atoms with E-state index in [0.717, 1.165) is 36.1 Å². The van der Waals surface area contributed by atoms with Crippen molar-refractivity contribution in [3.63, 3.8) is 0 Å². The minimum atomic E-state index is -0.400. The second-order valence-electron chi connectivity index (χ2n) is 3.72. The Morgan fingerprint density at radius 3 is 3.11 bits per heavy atom. The monoisotopic (exact) mass is 249 g/mol. The molecule has 0 aliphatic carbocycles. The number of nitrogens with zero attached hydrogens (tertiary/aromatic N) is 2. The van der Waals surface area contributed by atoms with E-state index in [4.69, 9.17) is 24.7 Å². The largest absolute Gasteiger partial charge is 0.476 e. The number of fused-ring (bicyclic) bond motifs is 1. The first kappa shape index (κ1) is 12.0. The number of rotatable bonds is 5. The van der Waals surface area contributed by atoms with Gasteiger partial charge in [0.2, 0.25) is 12.2 Å². The summed E-state index contributed by atoms with van der Waals surface area (Å²) in [4.78, 5) is 2.64. The molecule has 0 unspecified atom stereocenters. The van der Waals surface area contributed by atoms with E-state index in [-0.39, 0.29) is 6.79 Å². The lowest BCUT2D eigenvalue weighted by Crippen LogP contribution is -1.96. The van der Waals surface area contributed by atoms with Gasteiger partial charge in [0.15, 0.2) is 16.5 Å². The van der Waals surface area contributed by atoms with Gasteiger partial charge in [-0.2, -0.15) is 0 Å². The third kappa shape index (κ3) is 3.04. The van der Waals surface area contributed by atoms with Gasteiger partial charge in [-0.1, -0.05) is 6.07 Å². The molecule has 1 heterocycles. The fourth-order valence-corrected chi connectivity index (χ4v) is 1.64. The van der Waals surface area contributed by atoms with Gasteiger partial charge in [-0.05, 0) is 30.5 Å². The average Bonchev–Trinajstić information content (AvgIpc) is 2.82. The quantitative estimate of drug-likeness (QED) is 0.493. The van der Waals surface area contributed by atoms with Gasteiger partial charge >= 0.3 is 12.1 Å². The van der Waals surface area contributed by atoms with E-state index in [0.29, 0.717) is 6.61 Å². The SMILES string of the molecule is N#[N+]/C=C(\O)OCCCc1ccc2c(c1)OCO2. The number of diazo groups is 1.